The molecule has 2 amide bonds. The predicted octanol–water partition coefficient (Wildman–Crippen LogP) is 4.21. The molecule has 2 atom stereocenters. The third kappa shape index (κ3) is 3.83. The van der Waals surface area contributed by atoms with Crippen LogP contribution in [0.1, 0.15) is 37.1 Å². The van der Waals surface area contributed by atoms with Gasteiger partial charge in [0.1, 0.15) is 5.75 Å². The zero-order chi connectivity index (χ0) is 21.4. The first-order chi connectivity index (χ1) is 15.1. The number of fused-ring (bicyclic) bond motifs is 1. The maximum absolute atomic E-state index is 13.2. The van der Waals surface area contributed by atoms with Crippen LogP contribution in [0.2, 0.25) is 0 Å². The molecule has 0 aliphatic carbocycles. The third-order valence-corrected chi connectivity index (χ3v) is 7.28. The molecule has 7 heteroatoms. The van der Waals surface area contributed by atoms with Gasteiger partial charge in [0.2, 0.25) is 5.91 Å². The summed E-state index contributed by atoms with van der Waals surface area (Å²) in [4.78, 5) is 34.3. The Morgan fingerprint density at radius 1 is 1.13 bits per heavy atom. The number of ether oxygens (including phenoxy) is 1. The Morgan fingerprint density at radius 2 is 1.94 bits per heavy atom. The lowest BCUT2D eigenvalue weighted by Gasteiger charge is -2.34. The van der Waals surface area contributed by atoms with Crippen molar-refractivity contribution < 1.29 is 14.3 Å². The van der Waals surface area contributed by atoms with Crippen LogP contribution in [0.3, 0.4) is 0 Å². The van der Waals surface area contributed by atoms with Gasteiger partial charge in [0.25, 0.3) is 5.91 Å². The molecule has 6 nitrogen and oxygen atoms in total. The molecule has 5 rings (SSSR count). The molecule has 2 aliphatic rings. The Balaban J connectivity index is 1.32. The summed E-state index contributed by atoms with van der Waals surface area (Å²) in [6.07, 6.45) is 2.30. The molecule has 2 fully saturated rings. The second kappa shape index (κ2) is 8.40. The summed E-state index contributed by atoms with van der Waals surface area (Å²) in [7, 11) is 0. The van der Waals surface area contributed by atoms with Gasteiger partial charge in [-0.3, -0.25) is 14.5 Å². The minimum Gasteiger partial charge on any atom is -0.494 e. The number of piperidine rings is 1. The number of anilines is 1. The zero-order valence-electron chi connectivity index (χ0n) is 17.5. The predicted molar refractivity (Wildman–Crippen MR) is 122 cm³/mol. The fourth-order valence-electron chi connectivity index (χ4n) is 4.59. The van der Waals surface area contributed by atoms with Crippen molar-refractivity contribution in [2.75, 3.05) is 24.6 Å². The monoisotopic (exact) mass is 435 g/mol. The van der Waals surface area contributed by atoms with E-state index < -0.39 is 6.04 Å². The number of hydrogen-bond donors (Lipinski definition) is 0. The maximum Gasteiger partial charge on any atom is 0.251 e. The van der Waals surface area contributed by atoms with Crippen molar-refractivity contribution in [3.8, 4) is 5.75 Å². The van der Waals surface area contributed by atoms with Crippen LogP contribution in [0, 0.1) is 0 Å². The third-order valence-electron chi connectivity index (χ3n) is 6.08. The first kappa shape index (κ1) is 20.2. The number of carbonyl (C=O) groups excluding carboxylic acids is 2. The highest BCUT2D eigenvalue weighted by molar-refractivity contribution is 7.18. The van der Waals surface area contributed by atoms with Crippen LogP contribution < -0.4 is 9.64 Å². The molecule has 2 saturated heterocycles. The molecule has 3 aromatic rings. The first-order valence-corrected chi connectivity index (χ1v) is 11.6. The first-order valence-electron chi connectivity index (χ1n) is 10.8. The lowest BCUT2D eigenvalue weighted by Crippen LogP contribution is -2.46. The summed E-state index contributed by atoms with van der Waals surface area (Å²) >= 11 is 1.74. The van der Waals surface area contributed by atoms with Crippen molar-refractivity contribution >= 4 is 39.1 Å². The highest BCUT2D eigenvalue weighted by Gasteiger charge is 2.44. The normalized spacial score (nSPS) is 22.4. The van der Waals surface area contributed by atoms with Crippen molar-refractivity contribution in [2.24, 2.45) is 0 Å². The van der Waals surface area contributed by atoms with Gasteiger partial charge in [-0.2, -0.15) is 0 Å². The fraction of sp³-hybridized carbons (Fsp3) is 0.375. The number of thiazole rings is 1. The van der Waals surface area contributed by atoms with E-state index in [0.717, 1.165) is 42.2 Å². The summed E-state index contributed by atoms with van der Waals surface area (Å²) in [5.41, 5.74) is 1.65. The number of carbonyl (C=O) groups is 2. The second-order valence-corrected chi connectivity index (χ2v) is 9.13. The van der Waals surface area contributed by atoms with E-state index in [9.17, 15) is 9.59 Å². The zero-order valence-corrected chi connectivity index (χ0v) is 18.3. The van der Waals surface area contributed by atoms with Gasteiger partial charge in [-0.05, 0) is 62.7 Å². The minimum absolute atomic E-state index is 0.126. The van der Waals surface area contributed by atoms with Gasteiger partial charge in [0.05, 0.1) is 40.0 Å². The average molecular weight is 436 g/mol. The Bertz CT molecular complexity index is 1080. The van der Waals surface area contributed by atoms with Crippen molar-refractivity contribution in [1.82, 2.24) is 9.88 Å². The van der Waals surface area contributed by atoms with Gasteiger partial charge in [-0.25, -0.2) is 9.88 Å². The van der Waals surface area contributed by atoms with Gasteiger partial charge in [-0.15, -0.1) is 11.3 Å². The Kier molecular flexibility index (Phi) is 5.46. The number of hydrogen-bond acceptors (Lipinski definition) is 6. The molecule has 1 aromatic heterocycles. The van der Waals surface area contributed by atoms with E-state index in [1.807, 2.05) is 25.1 Å². The summed E-state index contributed by atoms with van der Waals surface area (Å²) in [6, 6.07) is 15.0. The molecule has 3 heterocycles. The summed E-state index contributed by atoms with van der Waals surface area (Å²) in [5.74, 6) is 0.769. The van der Waals surface area contributed by atoms with Crippen LogP contribution in [0.15, 0.2) is 48.5 Å². The van der Waals surface area contributed by atoms with E-state index in [1.165, 1.54) is 9.60 Å². The Labute approximate surface area is 185 Å². The lowest BCUT2D eigenvalue weighted by atomic mass is 9.97. The minimum atomic E-state index is -0.392. The topological polar surface area (TPSA) is 62.7 Å². The van der Waals surface area contributed by atoms with Crippen LogP contribution in [0.5, 0.6) is 5.75 Å². The van der Waals surface area contributed by atoms with E-state index >= 15 is 0 Å². The van der Waals surface area contributed by atoms with Crippen molar-refractivity contribution in [3.63, 3.8) is 0 Å². The molecule has 0 saturated carbocycles. The van der Waals surface area contributed by atoms with E-state index in [4.69, 9.17) is 9.72 Å². The second-order valence-electron chi connectivity index (χ2n) is 8.07. The number of para-hydroxylation sites is 1. The molecule has 31 heavy (non-hydrogen) atoms. The quantitative estimate of drug-likeness (QED) is 0.562. The van der Waals surface area contributed by atoms with Crippen LogP contribution in [-0.4, -0.2) is 47.4 Å². The summed E-state index contributed by atoms with van der Waals surface area (Å²) in [5, 5.41) is 1.13. The maximum atomic E-state index is 13.2. The van der Waals surface area contributed by atoms with Gasteiger partial charge in [0.15, 0.2) is 0 Å². The molecule has 0 spiro atoms. The number of benzene rings is 2. The van der Waals surface area contributed by atoms with E-state index in [2.05, 4.69) is 11.0 Å². The van der Waals surface area contributed by atoms with Gasteiger partial charge < -0.3 is 4.74 Å². The molecule has 0 bridgehead atoms. The molecular formula is C24H25N3O3S. The van der Waals surface area contributed by atoms with Crippen LogP contribution in [-0.2, 0) is 9.59 Å². The van der Waals surface area contributed by atoms with Gasteiger partial charge >= 0.3 is 0 Å². The van der Waals surface area contributed by atoms with Crippen molar-refractivity contribution in [3.05, 3.63) is 53.5 Å². The molecule has 160 valence electrons. The average Bonchev–Trinajstić information content (AvgIpc) is 3.35. The van der Waals surface area contributed by atoms with Crippen LogP contribution >= 0.6 is 11.3 Å². The van der Waals surface area contributed by atoms with E-state index in [0.29, 0.717) is 18.2 Å². The molecule has 2 aromatic carbocycles. The number of aromatic nitrogens is 1. The van der Waals surface area contributed by atoms with Gasteiger partial charge in [0, 0.05) is 12.5 Å². The van der Waals surface area contributed by atoms with E-state index in [1.54, 1.807) is 35.6 Å². The lowest BCUT2D eigenvalue weighted by molar-refractivity contribution is -0.123. The summed E-state index contributed by atoms with van der Waals surface area (Å²) < 4.78 is 6.67. The SMILES string of the molecule is CCOc1ccc(N2C(=O)C[C@H](N3CCC[C@@H](c4nc5ccccc5s4)C3)C2=O)cc1. The molecule has 0 N–H and O–H groups in total. The standard InChI is InChI=1S/C24H25N3O3S/c1-2-30-18-11-9-17(10-12-18)27-22(28)14-20(24(27)29)26-13-5-6-16(15-26)23-25-19-7-3-4-8-21(19)31-23/h3-4,7-12,16,20H,2,5-6,13-15H2,1H3/t16-,20+/m1/s1. The van der Waals surface area contributed by atoms with Crippen LogP contribution in [0.4, 0.5) is 5.69 Å². The number of rotatable bonds is 5. The molecular weight excluding hydrogens is 410 g/mol. The molecule has 2 aliphatic heterocycles. The number of amides is 2. The number of likely N-dealkylation sites (tertiary alicyclic amines) is 1. The van der Waals surface area contributed by atoms with Crippen molar-refractivity contribution in [2.45, 2.75) is 38.1 Å². The highest BCUT2D eigenvalue weighted by atomic mass is 32.1. The smallest absolute Gasteiger partial charge is 0.251 e. The highest BCUT2D eigenvalue weighted by Crippen LogP contribution is 2.35. The largest absolute Gasteiger partial charge is 0.494 e. The van der Waals surface area contributed by atoms with Crippen molar-refractivity contribution in [1.29, 1.82) is 0 Å². The van der Waals surface area contributed by atoms with Crippen LogP contribution in [0.25, 0.3) is 10.2 Å². The summed E-state index contributed by atoms with van der Waals surface area (Å²) in [6.45, 7) is 4.10. The van der Waals surface area contributed by atoms with E-state index in [-0.39, 0.29) is 18.2 Å². The molecule has 0 radical (unpaired) electrons. The Hall–Kier alpha value is -2.77. The molecule has 0 unspecified atom stereocenters. The number of imide groups is 1. The van der Waals surface area contributed by atoms with Gasteiger partial charge in [-0.1, -0.05) is 12.1 Å². The fourth-order valence-corrected chi connectivity index (χ4v) is 5.68. The Morgan fingerprint density at radius 3 is 2.71 bits per heavy atom. The number of nitrogens with zero attached hydrogens (tertiary/aromatic N) is 3.